The number of rotatable bonds is 6. The summed E-state index contributed by atoms with van der Waals surface area (Å²) >= 11 is 0. The molecule has 0 radical (unpaired) electrons. The zero-order chi connectivity index (χ0) is 19.9. The van der Waals surface area contributed by atoms with Crippen LogP contribution in [0.3, 0.4) is 0 Å². The largest absolute Gasteiger partial charge is 0.423 e. The number of hydrogen-bond donors (Lipinski definition) is 0. The van der Waals surface area contributed by atoms with Gasteiger partial charge < -0.3 is 4.74 Å². The second-order valence-corrected chi connectivity index (χ2v) is 7.06. The standard InChI is InChI=1S/C27H22O2/c28-27(25-9-5-2-6-10-25)29-26-17-15-24(16-18-26)20-23-13-11-22(12-14-23)19-21-7-3-1-4-8-21/h1-18H,19-20H2. The molecule has 2 nitrogen and oxygen atoms in total. The van der Waals surface area contributed by atoms with Gasteiger partial charge in [0.2, 0.25) is 0 Å². The van der Waals surface area contributed by atoms with E-state index in [2.05, 4.69) is 48.5 Å². The van der Waals surface area contributed by atoms with Crippen LogP contribution in [0, 0.1) is 0 Å². The molecule has 4 aromatic carbocycles. The fraction of sp³-hybridized carbons (Fsp3) is 0.0741. The van der Waals surface area contributed by atoms with Gasteiger partial charge in [-0.1, -0.05) is 84.9 Å². The summed E-state index contributed by atoms with van der Waals surface area (Å²) in [4.78, 5) is 12.1. The van der Waals surface area contributed by atoms with Crippen molar-refractivity contribution in [3.63, 3.8) is 0 Å². The number of carbonyl (C=O) groups is 1. The molecule has 0 atom stereocenters. The van der Waals surface area contributed by atoms with Crippen molar-refractivity contribution in [3.05, 3.63) is 137 Å². The van der Waals surface area contributed by atoms with Crippen LogP contribution in [0.4, 0.5) is 0 Å². The number of hydrogen-bond acceptors (Lipinski definition) is 2. The van der Waals surface area contributed by atoms with Gasteiger partial charge in [-0.05, 0) is 59.4 Å². The molecule has 0 heterocycles. The SMILES string of the molecule is O=C(Oc1ccc(Cc2ccc(Cc3ccccc3)cc2)cc1)c1ccccc1. The van der Waals surface area contributed by atoms with Crippen LogP contribution in [0.1, 0.15) is 32.6 Å². The monoisotopic (exact) mass is 378 g/mol. The van der Waals surface area contributed by atoms with Gasteiger partial charge in [-0.15, -0.1) is 0 Å². The van der Waals surface area contributed by atoms with Crippen LogP contribution >= 0.6 is 0 Å². The Hall–Kier alpha value is -3.65. The minimum Gasteiger partial charge on any atom is -0.423 e. The molecule has 4 aromatic rings. The number of ether oxygens (including phenoxy) is 1. The van der Waals surface area contributed by atoms with Gasteiger partial charge in [0, 0.05) is 0 Å². The van der Waals surface area contributed by atoms with E-state index < -0.39 is 0 Å². The lowest BCUT2D eigenvalue weighted by Gasteiger charge is -2.07. The lowest BCUT2D eigenvalue weighted by molar-refractivity contribution is 0.0734. The minimum atomic E-state index is -0.340. The normalized spacial score (nSPS) is 10.5. The molecule has 0 aliphatic heterocycles. The first kappa shape index (κ1) is 18.7. The highest BCUT2D eigenvalue weighted by atomic mass is 16.5. The average molecular weight is 378 g/mol. The molecular weight excluding hydrogens is 356 g/mol. The van der Waals surface area contributed by atoms with Crippen molar-refractivity contribution in [1.29, 1.82) is 0 Å². The van der Waals surface area contributed by atoms with E-state index in [0.717, 1.165) is 12.8 Å². The maximum Gasteiger partial charge on any atom is 0.343 e. The van der Waals surface area contributed by atoms with Crippen LogP contribution in [0.2, 0.25) is 0 Å². The van der Waals surface area contributed by atoms with Crippen molar-refractivity contribution in [2.75, 3.05) is 0 Å². The Bertz CT molecular complexity index is 1050. The summed E-state index contributed by atoms with van der Waals surface area (Å²) in [5.74, 6) is 0.216. The molecular formula is C27H22O2. The van der Waals surface area contributed by atoms with Gasteiger partial charge in [0.25, 0.3) is 0 Å². The summed E-state index contributed by atoms with van der Waals surface area (Å²) in [5.41, 5.74) is 5.62. The fourth-order valence-electron chi connectivity index (χ4n) is 3.26. The lowest BCUT2D eigenvalue weighted by atomic mass is 10.0. The maximum atomic E-state index is 12.1. The van der Waals surface area contributed by atoms with E-state index in [0.29, 0.717) is 11.3 Å². The van der Waals surface area contributed by atoms with Gasteiger partial charge in [-0.2, -0.15) is 0 Å². The number of carbonyl (C=O) groups excluding carboxylic acids is 1. The topological polar surface area (TPSA) is 26.3 Å². The first-order chi connectivity index (χ1) is 14.3. The Morgan fingerprint density at radius 1 is 0.517 bits per heavy atom. The summed E-state index contributed by atoms with van der Waals surface area (Å²) in [5, 5.41) is 0. The molecule has 0 aliphatic rings. The molecule has 142 valence electrons. The highest BCUT2D eigenvalue weighted by molar-refractivity contribution is 5.90. The molecule has 29 heavy (non-hydrogen) atoms. The number of esters is 1. The Morgan fingerprint density at radius 2 is 0.931 bits per heavy atom. The molecule has 0 fully saturated rings. The van der Waals surface area contributed by atoms with Crippen LogP contribution in [0.5, 0.6) is 5.75 Å². The van der Waals surface area contributed by atoms with E-state index in [1.165, 1.54) is 22.3 Å². The first-order valence-electron chi connectivity index (χ1n) is 9.74. The third-order valence-corrected chi connectivity index (χ3v) is 4.83. The quantitative estimate of drug-likeness (QED) is 0.300. The molecule has 0 saturated carbocycles. The third-order valence-electron chi connectivity index (χ3n) is 4.83. The van der Waals surface area contributed by atoms with Crippen molar-refractivity contribution in [2.45, 2.75) is 12.8 Å². The second kappa shape index (κ2) is 9.03. The summed E-state index contributed by atoms with van der Waals surface area (Å²) in [7, 11) is 0. The van der Waals surface area contributed by atoms with Crippen molar-refractivity contribution in [2.24, 2.45) is 0 Å². The summed E-state index contributed by atoms with van der Waals surface area (Å²) in [6, 6.07) is 36.0. The van der Waals surface area contributed by atoms with Crippen LogP contribution in [0.15, 0.2) is 109 Å². The Labute approximate surface area is 171 Å². The Morgan fingerprint density at radius 3 is 1.45 bits per heavy atom. The summed E-state index contributed by atoms with van der Waals surface area (Å²) in [6.45, 7) is 0. The van der Waals surface area contributed by atoms with Crippen LogP contribution in [-0.4, -0.2) is 5.97 Å². The zero-order valence-electron chi connectivity index (χ0n) is 16.1. The fourth-order valence-corrected chi connectivity index (χ4v) is 3.26. The van der Waals surface area contributed by atoms with Crippen molar-refractivity contribution in [3.8, 4) is 5.75 Å². The molecule has 0 spiro atoms. The highest BCUT2D eigenvalue weighted by Crippen LogP contribution is 2.18. The van der Waals surface area contributed by atoms with E-state index in [9.17, 15) is 4.79 Å². The minimum absolute atomic E-state index is 0.340. The predicted molar refractivity (Wildman–Crippen MR) is 116 cm³/mol. The molecule has 0 N–H and O–H groups in total. The van der Waals surface area contributed by atoms with Gasteiger partial charge >= 0.3 is 5.97 Å². The highest BCUT2D eigenvalue weighted by Gasteiger charge is 2.07. The van der Waals surface area contributed by atoms with Crippen LogP contribution in [-0.2, 0) is 12.8 Å². The van der Waals surface area contributed by atoms with Crippen LogP contribution in [0.25, 0.3) is 0 Å². The van der Waals surface area contributed by atoms with Crippen LogP contribution < -0.4 is 4.74 Å². The van der Waals surface area contributed by atoms with Gasteiger partial charge in [-0.25, -0.2) is 4.79 Å². The zero-order valence-corrected chi connectivity index (χ0v) is 16.1. The molecule has 2 heteroatoms. The summed E-state index contributed by atoms with van der Waals surface area (Å²) < 4.78 is 5.44. The predicted octanol–water partition coefficient (Wildman–Crippen LogP) is 6.09. The van der Waals surface area contributed by atoms with Gasteiger partial charge in [0.05, 0.1) is 5.56 Å². The van der Waals surface area contributed by atoms with Crippen molar-refractivity contribution >= 4 is 5.97 Å². The van der Waals surface area contributed by atoms with E-state index in [4.69, 9.17) is 4.74 Å². The van der Waals surface area contributed by atoms with Crippen molar-refractivity contribution in [1.82, 2.24) is 0 Å². The molecule has 0 amide bonds. The van der Waals surface area contributed by atoms with Crippen molar-refractivity contribution < 1.29 is 9.53 Å². The van der Waals surface area contributed by atoms with Gasteiger partial charge in [0.15, 0.2) is 0 Å². The number of benzene rings is 4. The average Bonchev–Trinajstić information content (AvgIpc) is 2.78. The molecule has 0 saturated heterocycles. The molecule has 0 bridgehead atoms. The summed E-state index contributed by atoms with van der Waals surface area (Å²) in [6.07, 6.45) is 1.79. The lowest BCUT2D eigenvalue weighted by Crippen LogP contribution is -2.08. The van der Waals surface area contributed by atoms with Gasteiger partial charge in [-0.3, -0.25) is 0 Å². The third kappa shape index (κ3) is 5.20. The maximum absolute atomic E-state index is 12.1. The van der Waals surface area contributed by atoms with Gasteiger partial charge in [0.1, 0.15) is 5.75 Å². The second-order valence-electron chi connectivity index (χ2n) is 7.06. The van der Waals surface area contributed by atoms with E-state index >= 15 is 0 Å². The smallest absolute Gasteiger partial charge is 0.343 e. The van der Waals surface area contributed by atoms with E-state index in [1.807, 2.05) is 48.5 Å². The molecule has 0 aromatic heterocycles. The Kier molecular flexibility index (Phi) is 5.82. The van der Waals surface area contributed by atoms with E-state index in [-0.39, 0.29) is 5.97 Å². The molecule has 4 rings (SSSR count). The van der Waals surface area contributed by atoms with E-state index in [1.54, 1.807) is 12.1 Å². The molecule has 0 aliphatic carbocycles. The first-order valence-corrected chi connectivity index (χ1v) is 9.74. The Balaban J connectivity index is 1.35. The molecule has 0 unspecified atom stereocenters.